The van der Waals surface area contributed by atoms with Crippen LogP contribution in [0.4, 0.5) is 33.5 Å². The first-order valence-corrected chi connectivity index (χ1v) is 11.2. The lowest BCUT2D eigenvalue weighted by molar-refractivity contribution is -0.286. The highest BCUT2D eigenvalue weighted by Gasteiger charge is 2.46. The smallest absolute Gasteiger partial charge is 0.395 e. The number of alkyl halides is 5. The summed E-state index contributed by atoms with van der Waals surface area (Å²) in [4.78, 5) is 33.5. The van der Waals surface area contributed by atoms with Gasteiger partial charge in [0.2, 0.25) is 0 Å². The van der Waals surface area contributed by atoms with Gasteiger partial charge in [-0.1, -0.05) is 11.6 Å². The van der Waals surface area contributed by atoms with Gasteiger partial charge in [0.15, 0.2) is 17.3 Å². The third-order valence-corrected chi connectivity index (χ3v) is 5.41. The first kappa shape index (κ1) is 28.1. The highest BCUT2D eigenvalue weighted by Crippen LogP contribution is 2.50. The first-order chi connectivity index (χ1) is 17.1. The molecule has 9 nitrogen and oxygen atoms in total. The van der Waals surface area contributed by atoms with E-state index in [1.54, 1.807) is 13.8 Å². The van der Waals surface area contributed by atoms with Crippen LogP contribution >= 0.6 is 27.5 Å². The summed E-state index contributed by atoms with van der Waals surface area (Å²) in [5.41, 5.74) is 1.66. The number of fused-ring (bicyclic) bond motifs is 1. The van der Waals surface area contributed by atoms with E-state index in [-0.39, 0.29) is 27.0 Å². The fraction of sp³-hybridized carbons (Fsp3) is 0.238. The zero-order chi connectivity index (χ0) is 27.7. The quantitative estimate of drug-likeness (QED) is 0.309. The second-order valence-electron chi connectivity index (χ2n) is 7.59. The first-order valence-electron chi connectivity index (χ1n) is 10.1. The van der Waals surface area contributed by atoms with E-state index in [1.165, 1.54) is 18.3 Å². The molecule has 1 aromatic carbocycles. The molecule has 1 aliphatic rings. The predicted molar refractivity (Wildman–Crippen MR) is 126 cm³/mol. The monoisotopic (exact) mass is 611 g/mol. The standard InChI is InChI=1S/C21H16BrClF5N5O4/c1-8(2)31-18(34)9-6-12-16(37-21(27,28)36-12)14(22)15(9)33-19(35)11(7-13(29)20(24,25)26)32-17-10(23)4-3-5-30-17/h3-8H,29H2,1-2H3,(H,31,34)(H,33,35). The van der Waals surface area contributed by atoms with E-state index in [0.717, 1.165) is 6.07 Å². The van der Waals surface area contributed by atoms with Gasteiger partial charge in [-0.2, -0.15) is 13.2 Å². The lowest BCUT2D eigenvalue weighted by Crippen LogP contribution is -2.32. The summed E-state index contributed by atoms with van der Waals surface area (Å²) >= 11 is 8.93. The van der Waals surface area contributed by atoms with Crippen molar-refractivity contribution in [2.24, 2.45) is 10.7 Å². The second-order valence-corrected chi connectivity index (χ2v) is 8.79. The van der Waals surface area contributed by atoms with Crippen molar-refractivity contribution in [1.82, 2.24) is 10.3 Å². The third kappa shape index (κ3) is 6.65. The van der Waals surface area contributed by atoms with Gasteiger partial charge in [-0.3, -0.25) is 9.59 Å². The number of allylic oxidation sites excluding steroid dienone is 1. The molecule has 0 bridgehead atoms. The number of anilines is 1. The number of rotatable bonds is 6. The summed E-state index contributed by atoms with van der Waals surface area (Å²) in [6.45, 7) is 3.22. The molecule has 16 heteroatoms. The van der Waals surface area contributed by atoms with E-state index in [2.05, 4.69) is 46.0 Å². The number of amides is 2. The molecule has 0 aliphatic carbocycles. The zero-order valence-corrected chi connectivity index (χ0v) is 21.1. The Hall–Kier alpha value is -3.46. The van der Waals surface area contributed by atoms with Crippen LogP contribution in [0, 0.1) is 0 Å². The van der Waals surface area contributed by atoms with Gasteiger partial charge in [0.05, 0.1) is 20.7 Å². The van der Waals surface area contributed by atoms with Crippen molar-refractivity contribution < 1.29 is 41.0 Å². The molecule has 0 fully saturated rings. The van der Waals surface area contributed by atoms with Crippen LogP contribution in [0.1, 0.15) is 24.2 Å². The fourth-order valence-electron chi connectivity index (χ4n) is 2.82. The molecule has 37 heavy (non-hydrogen) atoms. The number of carbonyl (C=O) groups is 2. The van der Waals surface area contributed by atoms with Crippen LogP contribution in [0.3, 0.4) is 0 Å². The highest BCUT2D eigenvalue weighted by atomic mass is 79.9. The summed E-state index contributed by atoms with van der Waals surface area (Å²) in [7, 11) is 0. The van der Waals surface area contributed by atoms with E-state index in [1.807, 2.05) is 0 Å². The third-order valence-electron chi connectivity index (χ3n) is 4.36. The Morgan fingerprint density at radius 3 is 2.57 bits per heavy atom. The summed E-state index contributed by atoms with van der Waals surface area (Å²) < 4.78 is 75.2. The van der Waals surface area contributed by atoms with Crippen LogP contribution in [0.25, 0.3) is 0 Å². The van der Waals surface area contributed by atoms with Gasteiger partial charge in [0.25, 0.3) is 11.8 Å². The van der Waals surface area contributed by atoms with E-state index in [9.17, 15) is 31.5 Å². The second kappa shape index (κ2) is 10.5. The number of carbonyl (C=O) groups excluding carboxylic acids is 2. The van der Waals surface area contributed by atoms with Crippen LogP contribution in [0.5, 0.6) is 11.5 Å². The summed E-state index contributed by atoms with van der Waals surface area (Å²) in [6, 6.07) is 3.20. The summed E-state index contributed by atoms with van der Waals surface area (Å²) in [6.07, 6.45) is -7.66. The average molecular weight is 613 g/mol. The maximum absolute atomic E-state index is 13.7. The van der Waals surface area contributed by atoms with Gasteiger partial charge in [-0.05, 0) is 54.1 Å². The largest absolute Gasteiger partial charge is 0.586 e. The SMILES string of the molecule is CC(C)NC(=O)c1cc2c(c(Br)c1NC(=O)C(C=C(N)C(F)(F)F)=Nc1ncccc1Cl)OC(F)(F)O2. The number of aromatic nitrogens is 1. The van der Waals surface area contributed by atoms with Crippen molar-refractivity contribution in [2.45, 2.75) is 32.4 Å². The number of hydrogen-bond acceptors (Lipinski definition) is 7. The van der Waals surface area contributed by atoms with Crippen molar-refractivity contribution >= 4 is 56.6 Å². The van der Waals surface area contributed by atoms with Crippen LogP contribution in [0.15, 0.2) is 45.6 Å². The normalized spacial score (nSPS) is 15.1. The number of nitrogens with zero attached hydrogens (tertiary/aromatic N) is 2. The number of hydrogen-bond donors (Lipinski definition) is 3. The molecular formula is C21H16BrClF5N5O4. The lowest BCUT2D eigenvalue weighted by Gasteiger charge is -2.16. The van der Waals surface area contributed by atoms with Crippen LogP contribution in [0.2, 0.25) is 5.02 Å². The molecule has 0 saturated carbocycles. The predicted octanol–water partition coefficient (Wildman–Crippen LogP) is 5.07. The van der Waals surface area contributed by atoms with Gasteiger partial charge < -0.3 is 25.8 Å². The Labute approximate surface area is 219 Å². The molecular weight excluding hydrogens is 597 g/mol. The molecule has 3 rings (SSSR count). The summed E-state index contributed by atoms with van der Waals surface area (Å²) in [5, 5.41) is 4.60. The van der Waals surface area contributed by atoms with E-state index >= 15 is 0 Å². The molecule has 0 radical (unpaired) electrons. The number of halogens is 7. The molecule has 0 spiro atoms. The molecule has 1 aromatic heterocycles. The van der Waals surface area contributed by atoms with Crippen molar-refractivity contribution in [1.29, 1.82) is 0 Å². The van der Waals surface area contributed by atoms with Gasteiger partial charge in [-0.25, -0.2) is 9.98 Å². The maximum atomic E-state index is 13.7. The minimum atomic E-state index is -5.03. The van der Waals surface area contributed by atoms with Crippen molar-refractivity contribution in [3.8, 4) is 11.5 Å². The van der Waals surface area contributed by atoms with E-state index in [4.69, 9.17) is 17.3 Å². The molecule has 2 heterocycles. The number of nitrogens with two attached hydrogens (primary N) is 1. The van der Waals surface area contributed by atoms with Crippen molar-refractivity contribution in [3.63, 3.8) is 0 Å². The number of nitrogens with one attached hydrogen (secondary N) is 2. The Balaban J connectivity index is 2.14. The number of pyridine rings is 1. The highest BCUT2D eigenvalue weighted by molar-refractivity contribution is 9.10. The lowest BCUT2D eigenvalue weighted by atomic mass is 10.1. The Morgan fingerprint density at radius 1 is 1.30 bits per heavy atom. The van der Waals surface area contributed by atoms with Crippen LogP contribution < -0.4 is 25.8 Å². The molecule has 0 saturated heterocycles. The minimum absolute atomic E-state index is 0.102. The topological polar surface area (TPSA) is 128 Å². The van der Waals surface area contributed by atoms with Gasteiger partial charge >= 0.3 is 12.5 Å². The van der Waals surface area contributed by atoms with Gasteiger partial charge in [-0.15, -0.1) is 8.78 Å². The fourth-order valence-corrected chi connectivity index (χ4v) is 3.57. The van der Waals surface area contributed by atoms with Gasteiger partial charge in [0, 0.05) is 12.2 Å². The number of benzene rings is 1. The van der Waals surface area contributed by atoms with E-state index in [0.29, 0.717) is 0 Å². The van der Waals surface area contributed by atoms with Gasteiger partial charge in [0.1, 0.15) is 11.4 Å². The Bertz CT molecular complexity index is 1320. The molecule has 1 aliphatic heterocycles. The number of aliphatic imine (C=N–C) groups is 1. The molecule has 2 aromatic rings. The van der Waals surface area contributed by atoms with Crippen LogP contribution in [-0.2, 0) is 4.79 Å². The molecule has 0 atom stereocenters. The van der Waals surface area contributed by atoms with E-state index < -0.39 is 58.9 Å². The zero-order valence-electron chi connectivity index (χ0n) is 18.7. The van der Waals surface area contributed by atoms with Crippen LogP contribution in [-0.4, -0.2) is 41.0 Å². The molecule has 198 valence electrons. The molecule has 2 amide bonds. The Morgan fingerprint density at radius 2 is 1.97 bits per heavy atom. The molecule has 4 N–H and O–H groups in total. The molecule has 0 unspecified atom stereocenters. The number of ether oxygens (including phenoxy) is 2. The maximum Gasteiger partial charge on any atom is 0.586 e. The Kier molecular flexibility index (Phi) is 7.97. The van der Waals surface area contributed by atoms with Crippen molar-refractivity contribution in [3.05, 3.63) is 51.2 Å². The minimum Gasteiger partial charge on any atom is -0.395 e. The average Bonchev–Trinajstić information content (AvgIpc) is 3.09. The summed E-state index contributed by atoms with van der Waals surface area (Å²) in [5.74, 6) is -3.57. The van der Waals surface area contributed by atoms with Crippen molar-refractivity contribution in [2.75, 3.05) is 5.32 Å².